The van der Waals surface area contributed by atoms with Crippen molar-refractivity contribution in [1.29, 1.82) is 0 Å². The molecule has 0 bridgehead atoms. The standard InChI is InChI=1S/C26H28N4O3S2/c1-16(2)22-12-19(18-8-6-5-7-9-18)13-23(17(3)4)30(22)15-25(31)28-20-10-11-21-24(14-20)34-26(29-21)35(27,32)33/h5-14,16-17H,15H2,1-4H3,(H2-,27,28,31,32,33)/p+1. The predicted molar refractivity (Wildman–Crippen MR) is 140 cm³/mol. The summed E-state index contributed by atoms with van der Waals surface area (Å²) in [5, 5.41) is 8.15. The lowest BCUT2D eigenvalue weighted by Gasteiger charge is -2.16. The first-order valence-corrected chi connectivity index (χ1v) is 13.8. The van der Waals surface area contributed by atoms with Gasteiger partial charge in [-0.15, -0.1) is 11.3 Å². The molecule has 182 valence electrons. The number of pyridine rings is 1. The van der Waals surface area contributed by atoms with Gasteiger partial charge in [-0.3, -0.25) is 4.79 Å². The SMILES string of the molecule is CC(C)c1cc(-c2ccccc2)cc(C(C)C)[n+]1CC(=O)Nc1ccc2nc(S(N)(=O)=O)sc2c1. The number of fused-ring (bicyclic) bond motifs is 1. The minimum atomic E-state index is -3.87. The maximum absolute atomic E-state index is 13.1. The summed E-state index contributed by atoms with van der Waals surface area (Å²) < 4.78 is 25.8. The van der Waals surface area contributed by atoms with Crippen molar-refractivity contribution < 1.29 is 17.8 Å². The molecule has 0 fully saturated rings. The lowest BCUT2D eigenvalue weighted by Crippen LogP contribution is -2.48. The van der Waals surface area contributed by atoms with Crippen LogP contribution >= 0.6 is 11.3 Å². The van der Waals surface area contributed by atoms with Gasteiger partial charge in [-0.05, 0) is 29.3 Å². The zero-order chi connectivity index (χ0) is 25.3. The van der Waals surface area contributed by atoms with Crippen LogP contribution in [0.25, 0.3) is 21.3 Å². The highest BCUT2D eigenvalue weighted by atomic mass is 32.2. The van der Waals surface area contributed by atoms with Crippen molar-refractivity contribution in [1.82, 2.24) is 4.98 Å². The minimum absolute atomic E-state index is 0.145. The number of primary sulfonamides is 1. The Morgan fingerprint density at radius 3 is 2.17 bits per heavy atom. The van der Waals surface area contributed by atoms with E-state index >= 15 is 0 Å². The number of rotatable bonds is 7. The van der Waals surface area contributed by atoms with Crippen LogP contribution in [-0.2, 0) is 21.4 Å². The summed E-state index contributed by atoms with van der Waals surface area (Å²) in [5.41, 5.74) is 5.54. The van der Waals surface area contributed by atoms with E-state index < -0.39 is 10.0 Å². The molecule has 0 spiro atoms. The Balaban J connectivity index is 1.65. The zero-order valence-corrected chi connectivity index (χ0v) is 21.8. The summed E-state index contributed by atoms with van der Waals surface area (Å²) >= 11 is 0.981. The summed E-state index contributed by atoms with van der Waals surface area (Å²) in [6.45, 7) is 8.68. The van der Waals surface area contributed by atoms with Gasteiger partial charge in [0.15, 0.2) is 11.4 Å². The molecule has 0 aliphatic carbocycles. The molecule has 0 aliphatic rings. The normalized spacial score (nSPS) is 12.0. The van der Waals surface area contributed by atoms with Crippen LogP contribution in [0.3, 0.4) is 0 Å². The number of hydrogen-bond donors (Lipinski definition) is 2. The second-order valence-electron chi connectivity index (χ2n) is 9.11. The summed E-state index contributed by atoms with van der Waals surface area (Å²) in [7, 11) is -3.87. The predicted octanol–water partition coefficient (Wildman–Crippen LogP) is 4.78. The number of aromatic nitrogens is 2. The Labute approximate surface area is 209 Å². The number of amides is 1. The van der Waals surface area contributed by atoms with Crippen molar-refractivity contribution in [3.05, 3.63) is 72.1 Å². The second kappa shape index (κ2) is 9.85. The molecule has 1 amide bonds. The summed E-state index contributed by atoms with van der Waals surface area (Å²) in [4.78, 5) is 17.2. The van der Waals surface area contributed by atoms with Gasteiger partial charge < -0.3 is 5.32 Å². The highest BCUT2D eigenvalue weighted by Gasteiger charge is 2.26. The molecule has 0 atom stereocenters. The summed E-state index contributed by atoms with van der Waals surface area (Å²) in [5.74, 6) is 0.269. The Morgan fingerprint density at radius 2 is 1.60 bits per heavy atom. The van der Waals surface area contributed by atoms with Gasteiger partial charge in [0.2, 0.25) is 10.9 Å². The molecule has 2 heterocycles. The molecule has 4 rings (SSSR count). The summed E-state index contributed by atoms with van der Waals surface area (Å²) in [6, 6.07) is 19.7. The van der Waals surface area contributed by atoms with E-state index in [0.29, 0.717) is 15.9 Å². The number of anilines is 1. The molecule has 9 heteroatoms. The molecule has 35 heavy (non-hydrogen) atoms. The lowest BCUT2D eigenvalue weighted by atomic mass is 9.97. The number of hydrogen-bond acceptors (Lipinski definition) is 5. The minimum Gasteiger partial charge on any atom is -0.321 e. The van der Waals surface area contributed by atoms with E-state index in [1.165, 1.54) is 0 Å². The first-order chi connectivity index (χ1) is 16.5. The van der Waals surface area contributed by atoms with Crippen molar-refractivity contribution in [2.75, 3.05) is 5.32 Å². The van der Waals surface area contributed by atoms with Crippen LogP contribution in [0.5, 0.6) is 0 Å². The van der Waals surface area contributed by atoms with Gasteiger partial charge in [0.05, 0.1) is 10.2 Å². The third kappa shape index (κ3) is 5.58. The molecule has 4 aromatic rings. The smallest absolute Gasteiger partial charge is 0.290 e. The number of carbonyl (C=O) groups is 1. The monoisotopic (exact) mass is 509 g/mol. The Kier molecular flexibility index (Phi) is 7.02. The van der Waals surface area contributed by atoms with Crippen LogP contribution in [0.2, 0.25) is 0 Å². The van der Waals surface area contributed by atoms with Crippen LogP contribution in [-0.4, -0.2) is 19.3 Å². The Morgan fingerprint density at radius 1 is 0.971 bits per heavy atom. The Hall–Kier alpha value is -3.14. The first-order valence-electron chi connectivity index (χ1n) is 11.4. The van der Waals surface area contributed by atoms with Gasteiger partial charge >= 0.3 is 0 Å². The van der Waals surface area contributed by atoms with E-state index in [2.05, 4.69) is 66.8 Å². The van der Waals surface area contributed by atoms with E-state index in [0.717, 1.165) is 33.9 Å². The van der Waals surface area contributed by atoms with Crippen molar-refractivity contribution in [2.24, 2.45) is 5.14 Å². The number of thiazole rings is 1. The van der Waals surface area contributed by atoms with Crippen molar-refractivity contribution >= 4 is 43.2 Å². The zero-order valence-electron chi connectivity index (χ0n) is 20.1. The van der Waals surface area contributed by atoms with Crippen molar-refractivity contribution in [2.45, 2.75) is 50.4 Å². The van der Waals surface area contributed by atoms with Gasteiger partial charge in [-0.1, -0.05) is 58.0 Å². The molecule has 3 N–H and O–H groups in total. The number of nitrogens with one attached hydrogen (secondary N) is 1. The lowest BCUT2D eigenvalue weighted by molar-refractivity contribution is -0.700. The van der Waals surface area contributed by atoms with E-state index in [-0.39, 0.29) is 28.6 Å². The van der Waals surface area contributed by atoms with Gasteiger partial charge in [0, 0.05) is 29.7 Å². The first kappa shape index (κ1) is 25.0. The quantitative estimate of drug-likeness (QED) is 0.350. The van der Waals surface area contributed by atoms with Crippen LogP contribution in [0.15, 0.2) is 65.0 Å². The van der Waals surface area contributed by atoms with Gasteiger partial charge in [-0.2, -0.15) is 4.57 Å². The third-order valence-corrected chi connectivity index (χ3v) is 8.06. The third-order valence-electron chi connectivity index (χ3n) is 5.72. The number of carbonyl (C=O) groups excluding carboxylic acids is 1. The van der Waals surface area contributed by atoms with Gasteiger partial charge in [-0.25, -0.2) is 18.5 Å². The average molecular weight is 510 g/mol. The largest absolute Gasteiger partial charge is 0.321 e. The number of nitrogens with zero attached hydrogens (tertiary/aromatic N) is 2. The van der Waals surface area contributed by atoms with E-state index in [4.69, 9.17) is 5.14 Å². The van der Waals surface area contributed by atoms with Gasteiger partial charge in [0.25, 0.3) is 15.9 Å². The van der Waals surface area contributed by atoms with E-state index in [1.807, 2.05) is 18.2 Å². The van der Waals surface area contributed by atoms with Crippen LogP contribution in [0, 0.1) is 0 Å². The van der Waals surface area contributed by atoms with Crippen molar-refractivity contribution in [3.63, 3.8) is 0 Å². The topological polar surface area (TPSA) is 106 Å². The fraction of sp³-hybridized carbons (Fsp3) is 0.269. The van der Waals surface area contributed by atoms with Crippen molar-refractivity contribution in [3.8, 4) is 11.1 Å². The second-order valence-corrected chi connectivity index (χ2v) is 11.9. The molecule has 0 saturated heterocycles. The highest BCUT2D eigenvalue weighted by Crippen LogP contribution is 2.28. The molecule has 2 aromatic carbocycles. The molecule has 0 radical (unpaired) electrons. The number of sulfonamides is 1. The fourth-order valence-corrected chi connectivity index (χ4v) is 5.74. The number of benzene rings is 2. The van der Waals surface area contributed by atoms with Gasteiger partial charge in [0.1, 0.15) is 0 Å². The molecule has 0 aliphatic heterocycles. The van der Waals surface area contributed by atoms with Crippen LogP contribution < -0.4 is 15.0 Å². The molecular weight excluding hydrogens is 480 g/mol. The molecule has 2 aromatic heterocycles. The van der Waals surface area contributed by atoms with Crippen LogP contribution in [0.4, 0.5) is 5.69 Å². The van der Waals surface area contributed by atoms with E-state index in [9.17, 15) is 13.2 Å². The molecule has 7 nitrogen and oxygen atoms in total. The maximum Gasteiger partial charge on any atom is 0.290 e. The fourth-order valence-electron chi connectivity index (χ4n) is 4.05. The van der Waals surface area contributed by atoms with Crippen LogP contribution in [0.1, 0.15) is 50.9 Å². The summed E-state index contributed by atoms with van der Waals surface area (Å²) in [6.07, 6.45) is 0. The molecule has 0 saturated carbocycles. The Bertz CT molecular complexity index is 1460. The number of nitrogens with two attached hydrogens (primary N) is 1. The maximum atomic E-state index is 13.1. The highest BCUT2D eigenvalue weighted by molar-refractivity contribution is 7.91. The average Bonchev–Trinajstić information content (AvgIpc) is 3.23. The molecule has 0 unspecified atom stereocenters. The van der Waals surface area contributed by atoms with E-state index in [1.54, 1.807) is 18.2 Å². The molecular formula is C26H29N4O3S2+.